The van der Waals surface area contributed by atoms with Gasteiger partial charge in [-0.05, 0) is 33.6 Å². The molecule has 2 heterocycles. The topological polar surface area (TPSA) is 80.9 Å². The maximum Gasteiger partial charge on any atom is 0.223 e. The monoisotopic (exact) mass is 342 g/mol. The number of hydrogen-bond acceptors (Lipinski definition) is 5. The minimum absolute atomic E-state index is 0.179. The first-order valence-electron chi connectivity index (χ1n) is 9.09. The number of carbonyl (C=O) groups is 1. The van der Waals surface area contributed by atoms with Crippen molar-refractivity contribution in [2.75, 3.05) is 6.54 Å². The van der Waals surface area contributed by atoms with Crippen molar-refractivity contribution in [2.24, 2.45) is 5.92 Å². The van der Waals surface area contributed by atoms with Crippen molar-refractivity contribution < 1.29 is 9.32 Å². The third-order valence-corrected chi connectivity index (χ3v) is 5.03. The molecule has 0 unspecified atom stereocenters. The molecule has 1 aliphatic rings. The van der Waals surface area contributed by atoms with E-state index < -0.39 is 0 Å². The third-order valence-electron chi connectivity index (χ3n) is 5.03. The summed E-state index contributed by atoms with van der Waals surface area (Å²) in [6, 6.07) is 0. The number of aryl methyl sites for hydroxylation is 2. The maximum atomic E-state index is 12.3. The zero-order chi connectivity index (χ0) is 17.8. The van der Waals surface area contributed by atoms with E-state index in [2.05, 4.69) is 20.4 Å². The summed E-state index contributed by atoms with van der Waals surface area (Å²) in [5.74, 6) is 1.79. The van der Waals surface area contributed by atoms with Crippen LogP contribution in [0.2, 0.25) is 0 Å². The molecule has 0 aromatic carbocycles. The number of aromatic nitrogens is 3. The molecule has 0 bridgehead atoms. The summed E-state index contributed by atoms with van der Waals surface area (Å²) in [7, 11) is 0. The van der Waals surface area contributed by atoms with Crippen LogP contribution in [0.3, 0.4) is 0 Å². The van der Waals surface area contributed by atoms with E-state index in [-0.39, 0.29) is 11.8 Å². The van der Waals surface area contributed by atoms with Crippen LogP contribution in [0.5, 0.6) is 0 Å². The summed E-state index contributed by atoms with van der Waals surface area (Å²) in [6.07, 6.45) is 8.04. The van der Waals surface area contributed by atoms with Crippen molar-refractivity contribution >= 4 is 5.91 Å². The van der Waals surface area contributed by atoms with Crippen molar-refractivity contribution in [3.63, 3.8) is 0 Å². The van der Waals surface area contributed by atoms with Gasteiger partial charge in [-0.3, -0.25) is 4.79 Å². The quantitative estimate of drug-likeness (QED) is 0.902. The van der Waals surface area contributed by atoms with E-state index in [9.17, 15) is 4.79 Å². The second kappa shape index (κ2) is 7.76. The molecule has 1 aliphatic carbocycles. The number of nitrogens with one attached hydrogen (secondary N) is 1. The Balaban J connectivity index is 1.68. The molecule has 0 radical (unpaired) electrons. The van der Waals surface area contributed by atoms with Crippen LogP contribution in [0.4, 0.5) is 0 Å². The molecule has 6 heteroatoms. The van der Waals surface area contributed by atoms with Gasteiger partial charge >= 0.3 is 0 Å². The first-order valence-corrected chi connectivity index (χ1v) is 9.09. The number of amides is 1. The van der Waals surface area contributed by atoms with Gasteiger partial charge in [0.25, 0.3) is 0 Å². The van der Waals surface area contributed by atoms with Gasteiger partial charge in [0.1, 0.15) is 5.82 Å². The smallest absolute Gasteiger partial charge is 0.223 e. The summed E-state index contributed by atoms with van der Waals surface area (Å²) in [5.41, 5.74) is 3.61. The molecule has 0 spiro atoms. The van der Waals surface area contributed by atoms with E-state index in [1.807, 2.05) is 20.8 Å². The van der Waals surface area contributed by atoms with E-state index in [1.54, 1.807) is 6.20 Å². The van der Waals surface area contributed by atoms with Gasteiger partial charge in [0, 0.05) is 30.6 Å². The van der Waals surface area contributed by atoms with Gasteiger partial charge in [0.2, 0.25) is 5.91 Å². The lowest BCUT2D eigenvalue weighted by atomic mass is 9.88. The third kappa shape index (κ3) is 4.06. The molecule has 2 aromatic rings. The van der Waals surface area contributed by atoms with E-state index in [4.69, 9.17) is 4.52 Å². The summed E-state index contributed by atoms with van der Waals surface area (Å²) < 4.78 is 5.47. The fourth-order valence-electron chi connectivity index (χ4n) is 3.38. The van der Waals surface area contributed by atoms with Gasteiger partial charge in [-0.1, -0.05) is 24.4 Å². The van der Waals surface area contributed by atoms with Crippen LogP contribution in [0.15, 0.2) is 10.7 Å². The molecule has 0 atom stereocenters. The van der Waals surface area contributed by atoms with Crippen molar-refractivity contribution in [1.29, 1.82) is 0 Å². The number of rotatable bonds is 5. The Kier molecular flexibility index (Phi) is 5.46. The van der Waals surface area contributed by atoms with Gasteiger partial charge < -0.3 is 9.84 Å². The molecule has 1 N–H and O–H groups in total. The second-order valence-electron chi connectivity index (χ2n) is 6.88. The van der Waals surface area contributed by atoms with E-state index in [1.165, 1.54) is 6.42 Å². The van der Waals surface area contributed by atoms with Crippen LogP contribution in [-0.4, -0.2) is 27.6 Å². The Morgan fingerprint density at radius 3 is 2.68 bits per heavy atom. The Morgan fingerprint density at radius 1 is 1.24 bits per heavy atom. The predicted octanol–water partition coefficient (Wildman–Crippen LogP) is 3.30. The Morgan fingerprint density at radius 2 is 2.00 bits per heavy atom. The lowest BCUT2D eigenvalue weighted by molar-refractivity contribution is -0.125. The molecule has 3 rings (SSSR count). The van der Waals surface area contributed by atoms with Gasteiger partial charge in [0.15, 0.2) is 5.76 Å². The molecule has 6 nitrogen and oxygen atoms in total. The molecule has 1 fully saturated rings. The van der Waals surface area contributed by atoms with E-state index in [0.29, 0.717) is 24.6 Å². The fourth-order valence-corrected chi connectivity index (χ4v) is 3.38. The maximum absolute atomic E-state index is 12.3. The highest BCUT2D eigenvalue weighted by atomic mass is 16.5. The van der Waals surface area contributed by atoms with Crippen molar-refractivity contribution in [2.45, 2.75) is 59.3 Å². The first kappa shape index (κ1) is 17.6. The van der Waals surface area contributed by atoms with Crippen LogP contribution in [0, 0.1) is 26.7 Å². The van der Waals surface area contributed by atoms with Crippen molar-refractivity contribution in [3.8, 4) is 11.3 Å². The molecule has 2 aromatic heterocycles. The average molecular weight is 342 g/mol. The number of carbonyl (C=O) groups excluding carboxylic acids is 1. The van der Waals surface area contributed by atoms with Gasteiger partial charge in [-0.2, -0.15) is 0 Å². The van der Waals surface area contributed by atoms with Crippen LogP contribution < -0.4 is 5.32 Å². The van der Waals surface area contributed by atoms with Crippen LogP contribution in [0.25, 0.3) is 11.3 Å². The predicted molar refractivity (Wildman–Crippen MR) is 95.0 cm³/mol. The summed E-state index contributed by atoms with van der Waals surface area (Å²) in [5, 5.41) is 7.10. The van der Waals surface area contributed by atoms with E-state index in [0.717, 1.165) is 48.2 Å². The highest BCUT2D eigenvalue weighted by molar-refractivity contribution is 5.78. The van der Waals surface area contributed by atoms with Crippen LogP contribution >= 0.6 is 0 Å². The Labute approximate surface area is 148 Å². The van der Waals surface area contributed by atoms with Crippen LogP contribution in [0.1, 0.15) is 54.9 Å². The second-order valence-corrected chi connectivity index (χ2v) is 6.88. The van der Waals surface area contributed by atoms with Crippen molar-refractivity contribution in [3.05, 3.63) is 29.0 Å². The first-order chi connectivity index (χ1) is 12.1. The summed E-state index contributed by atoms with van der Waals surface area (Å²) >= 11 is 0. The normalized spacial score (nSPS) is 15.3. The molecular formula is C19H26N4O2. The van der Waals surface area contributed by atoms with Gasteiger partial charge in [-0.25, -0.2) is 9.97 Å². The Hall–Kier alpha value is -2.24. The SMILES string of the molecule is Cc1ncc(-c2onc(C)c2C)c(CCNC(=O)C2CCCCC2)n1. The van der Waals surface area contributed by atoms with Gasteiger partial charge in [-0.15, -0.1) is 0 Å². The van der Waals surface area contributed by atoms with Gasteiger partial charge in [0.05, 0.1) is 17.0 Å². The lowest BCUT2D eigenvalue weighted by Crippen LogP contribution is -2.33. The lowest BCUT2D eigenvalue weighted by Gasteiger charge is -2.20. The minimum atomic E-state index is 0.179. The molecular weight excluding hydrogens is 316 g/mol. The van der Waals surface area contributed by atoms with E-state index >= 15 is 0 Å². The van der Waals surface area contributed by atoms with Crippen LogP contribution in [-0.2, 0) is 11.2 Å². The zero-order valence-corrected chi connectivity index (χ0v) is 15.3. The highest BCUT2D eigenvalue weighted by Crippen LogP contribution is 2.27. The minimum Gasteiger partial charge on any atom is -0.356 e. The fraction of sp³-hybridized carbons (Fsp3) is 0.579. The average Bonchev–Trinajstić information content (AvgIpc) is 2.95. The summed E-state index contributed by atoms with van der Waals surface area (Å²) in [4.78, 5) is 21.2. The standard InChI is InChI=1S/C19H26N4O2/c1-12-13(2)23-25-18(12)16-11-21-14(3)22-17(16)9-10-20-19(24)15-7-5-4-6-8-15/h11,15H,4-10H2,1-3H3,(H,20,24). The highest BCUT2D eigenvalue weighted by Gasteiger charge is 2.21. The van der Waals surface area contributed by atoms with Crippen molar-refractivity contribution in [1.82, 2.24) is 20.4 Å². The number of nitrogens with zero attached hydrogens (tertiary/aromatic N) is 3. The molecule has 1 amide bonds. The zero-order valence-electron chi connectivity index (χ0n) is 15.3. The molecule has 1 saturated carbocycles. The molecule has 0 saturated heterocycles. The molecule has 134 valence electrons. The molecule has 0 aliphatic heterocycles. The number of hydrogen-bond donors (Lipinski definition) is 1. The summed E-state index contributed by atoms with van der Waals surface area (Å²) in [6.45, 7) is 6.34. The Bertz CT molecular complexity index is 748. The largest absolute Gasteiger partial charge is 0.356 e. The molecule has 25 heavy (non-hydrogen) atoms.